The van der Waals surface area contributed by atoms with Crippen LogP contribution in [0.1, 0.15) is 28.5 Å². The van der Waals surface area contributed by atoms with Crippen LogP contribution in [0.3, 0.4) is 0 Å². The lowest BCUT2D eigenvalue weighted by molar-refractivity contribution is 0.0526. The van der Waals surface area contributed by atoms with Crippen LogP contribution in [0.4, 0.5) is 0 Å². The van der Waals surface area contributed by atoms with Gasteiger partial charge in [0.25, 0.3) is 0 Å². The van der Waals surface area contributed by atoms with Crippen molar-refractivity contribution >= 4 is 12.2 Å². The van der Waals surface area contributed by atoms with Crippen molar-refractivity contribution in [3.8, 4) is 0 Å². The Labute approximate surface area is 86.6 Å². The number of esters is 1. The third-order valence-electron chi connectivity index (χ3n) is 1.92. The van der Waals surface area contributed by atoms with Gasteiger partial charge in [-0.05, 0) is 13.8 Å². The molecule has 5 nitrogen and oxygen atoms in total. The van der Waals surface area contributed by atoms with Crippen molar-refractivity contribution in [2.45, 2.75) is 13.8 Å². The molecule has 0 aliphatic rings. The van der Waals surface area contributed by atoms with E-state index in [2.05, 4.69) is 4.98 Å². The zero-order chi connectivity index (χ0) is 11.4. The fourth-order valence-electron chi connectivity index (χ4n) is 1.26. The van der Waals surface area contributed by atoms with Crippen LogP contribution >= 0.6 is 0 Å². The highest BCUT2D eigenvalue weighted by atomic mass is 16.5. The van der Waals surface area contributed by atoms with E-state index in [1.807, 2.05) is 0 Å². The number of nitrogens with one attached hydrogen (secondary N) is 2. The molecular formula is C10H12N2O3. The largest absolute Gasteiger partial charge is 0.462 e. The van der Waals surface area contributed by atoms with Gasteiger partial charge in [0.1, 0.15) is 0 Å². The minimum absolute atomic E-state index is 0.133. The monoisotopic (exact) mass is 208 g/mol. The van der Waals surface area contributed by atoms with Gasteiger partial charge in [-0.2, -0.15) is 0 Å². The highest BCUT2D eigenvalue weighted by Crippen LogP contribution is 2.08. The molecule has 0 unspecified atom stereocenters. The second-order valence-electron chi connectivity index (χ2n) is 2.95. The van der Waals surface area contributed by atoms with E-state index in [0.717, 1.165) is 12.3 Å². The number of rotatable bonds is 3. The Hall–Kier alpha value is -1.91. The number of hydrogen-bond donors (Lipinski definition) is 2. The second kappa shape index (κ2) is 4.54. The normalized spacial score (nSPS) is 9.73. The first-order valence-corrected chi connectivity index (χ1v) is 4.51. The zero-order valence-electron chi connectivity index (χ0n) is 8.59. The molecule has 0 saturated carbocycles. The molecule has 0 amide bonds. The minimum Gasteiger partial charge on any atom is -0.462 e. The van der Waals surface area contributed by atoms with Crippen LogP contribution in [0, 0.1) is 12.3 Å². The van der Waals surface area contributed by atoms with Crippen LogP contribution in [-0.4, -0.2) is 23.8 Å². The summed E-state index contributed by atoms with van der Waals surface area (Å²) >= 11 is 0. The van der Waals surface area contributed by atoms with Crippen LogP contribution < -0.4 is 5.56 Å². The Morgan fingerprint density at radius 2 is 2.33 bits per heavy atom. The molecule has 0 aromatic carbocycles. The average Bonchev–Trinajstić information content (AvgIpc) is 2.17. The maximum absolute atomic E-state index is 11.5. The van der Waals surface area contributed by atoms with Gasteiger partial charge in [-0.1, -0.05) is 0 Å². The van der Waals surface area contributed by atoms with Gasteiger partial charge in [0.05, 0.1) is 12.2 Å². The summed E-state index contributed by atoms with van der Waals surface area (Å²) in [7, 11) is 0. The Bertz CT molecular complexity index is 448. The molecule has 1 aromatic rings. The Morgan fingerprint density at radius 1 is 1.67 bits per heavy atom. The van der Waals surface area contributed by atoms with Crippen LogP contribution in [0.5, 0.6) is 0 Å². The highest BCUT2D eigenvalue weighted by Gasteiger charge is 2.14. The van der Waals surface area contributed by atoms with E-state index in [0.29, 0.717) is 11.3 Å². The summed E-state index contributed by atoms with van der Waals surface area (Å²) in [5.74, 6) is -0.579. The first-order valence-electron chi connectivity index (χ1n) is 4.51. The molecule has 5 heteroatoms. The molecule has 1 rings (SSSR count). The van der Waals surface area contributed by atoms with Crippen molar-refractivity contribution in [2.24, 2.45) is 0 Å². The van der Waals surface area contributed by atoms with Crippen LogP contribution in [0.2, 0.25) is 0 Å². The van der Waals surface area contributed by atoms with Crippen molar-refractivity contribution in [3.05, 3.63) is 33.2 Å². The van der Waals surface area contributed by atoms with Crippen LogP contribution in [0.15, 0.2) is 10.9 Å². The number of aromatic nitrogens is 1. The van der Waals surface area contributed by atoms with E-state index < -0.39 is 5.97 Å². The third kappa shape index (κ3) is 2.31. The van der Waals surface area contributed by atoms with Gasteiger partial charge < -0.3 is 15.1 Å². The van der Waals surface area contributed by atoms with Gasteiger partial charge >= 0.3 is 5.97 Å². The summed E-state index contributed by atoms with van der Waals surface area (Å²) in [6.07, 6.45) is 1.03. The number of aromatic amines is 1. The van der Waals surface area contributed by atoms with Gasteiger partial charge in [-0.25, -0.2) is 4.79 Å². The lowest BCUT2D eigenvalue weighted by Crippen LogP contribution is -2.17. The van der Waals surface area contributed by atoms with Crippen molar-refractivity contribution < 1.29 is 9.53 Å². The van der Waals surface area contributed by atoms with Crippen LogP contribution in [0.25, 0.3) is 0 Å². The number of carbonyl (C=O) groups excluding carboxylic acids is 1. The Morgan fingerprint density at radius 3 is 2.87 bits per heavy atom. The molecule has 0 fully saturated rings. The molecule has 1 heterocycles. The predicted octanol–water partition coefficient (Wildman–Crippen LogP) is 0.858. The molecule has 0 aliphatic carbocycles. The SMILES string of the molecule is CCOC(=O)c1cc(=O)[nH]c(C)c1C=N. The smallest absolute Gasteiger partial charge is 0.339 e. The third-order valence-corrected chi connectivity index (χ3v) is 1.92. The summed E-state index contributed by atoms with van der Waals surface area (Å²) in [4.78, 5) is 25.1. The molecule has 0 aliphatic heterocycles. The number of aryl methyl sites for hydroxylation is 1. The first kappa shape index (κ1) is 11.2. The molecule has 1 aromatic heterocycles. The van der Waals surface area contributed by atoms with E-state index in [1.54, 1.807) is 13.8 Å². The topological polar surface area (TPSA) is 83.0 Å². The lowest BCUT2D eigenvalue weighted by atomic mass is 10.1. The Balaban J connectivity index is 3.32. The number of ether oxygens (including phenoxy) is 1. The minimum atomic E-state index is -0.579. The fourth-order valence-corrected chi connectivity index (χ4v) is 1.26. The Kier molecular flexibility index (Phi) is 3.38. The molecule has 0 bridgehead atoms. The molecule has 15 heavy (non-hydrogen) atoms. The molecule has 0 spiro atoms. The van der Waals surface area contributed by atoms with E-state index >= 15 is 0 Å². The average molecular weight is 208 g/mol. The second-order valence-corrected chi connectivity index (χ2v) is 2.95. The van der Waals surface area contributed by atoms with E-state index in [-0.39, 0.29) is 17.7 Å². The molecule has 2 N–H and O–H groups in total. The van der Waals surface area contributed by atoms with Crippen LogP contribution in [-0.2, 0) is 4.74 Å². The number of H-pyrrole nitrogens is 1. The van der Waals surface area contributed by atoms with Gasteiger partial charge in [0.2, 0.25) is 5.56 Å². The summed E-state index contributed by atoms with van der Waals surface area (Å²) in [5, 5.41) is 7.17. The standard InChI is InChI=1S/C10H12N2O3/c1-3-15-10(14)7-4-9(13)12-6(2)8(7)5-11/h4-5,11H,3H2,1-2H3,(H,12,13). The quantitative estimate of drug-likeness (QED) is 0.570. The molecular weight excluding hydrogens is 196 g/mol. The van der Waals surface area contributed by atoms with E-state index in [4.69, 9.17) is 10.1 Å². The van der Waals surface area contributed by atoms with Gasteiger partial charge in [0.15, 0.2) is 0 Å². The fraction of sp³-hybridized carbons (Fsp3) is 0.300. The predicted molar refractivity (Wildman–Crippen MR) is 55.6 cm³/mol. The van der Waals surface area contributed by atoms with E-state index in [1.165, 1.54) is 0 Å². The van der Waals surface area contributed by atoms with Crippen molar-refractivity contribution in [3.63, 3.8) is 0 Å². The first-order chi connectivity index (χ1) is 7.10. The number of carbonyl (C=O) groups is 1. The van der Waals surface area contributed by atoms with Crippen molar-refractivity contribution in [2.75, 3.05) is 6.61 Å². The summed E-state index contributed by atoms with van der Waals surface area (Å²) < 4.78 is 4.79. The summed E-state index contributed by atoms with van der Waals surface area (Å²) in [5.41, 5.74) is 0.628. The highest BCUT2D eigenvalue weighted by molar-refractivity contribution is 5.99. The lowest BCUT2D eigenvalue weighted by Gasteiger charge is -2.06. The number of hydrogen-bond acceptors (Lipinski definition) is 4. The van der Waals surface area contributed by atoms with Crippen molar-refractivity contribution in [1.82, 2.24) is 4.98 Å². The van der Waals surface area contributed by atoms with Gasteiger partial charge in [-0.15, -0.1) is 0 Å². The zero-order valence-corrected chi connectivity index (χ0v) is 8.59. The maximum atomic E-state index is 11.5. The van der Waals surface area contributed by atoms with Gasteiger partial charge in [0, 0.05) is 23.5 Å². The molecule has 0 saturated heterocycles. The van der Waals surface area contributed by atoms with Gasteiger partial charge in [-0.3, -0.25) is 4.79 Å². The van der Waals surface area contributed by atoms with E-state index in [9.17, 15) is 9.59 Å². The maximum Gasteiger partial charge on any atom is 0.339 e. The molecule has 0 atom stereocenters. The molecule has 0 radical (unpaired) electrons. The summed E-state index contributed by atoms with van der Waals surface area (Å²) in [6.45, 7) is 3.55. The van der Waals surface area contributed by atoms with Crippen molar-refractivity contribution in [1.29, 1.82) is 5.41 Å². The number of pyridine rings is 1. The summed E-state index contributed by atoms with van der Waals surface area (Å²) in [6, 6.07) is 1.14. The molecule has 80 valence electrons.